The highest BCUT2D eigenvalue weighted by molar-refractivity contribution is 6.03. The molecule has 0 unspecified atom stereocenters. The highest BCUT2D eigenvalue weighted by atomic mass is 16.5. The molecule has 0 bridgehead atoms. The number of hydrogen-bond acceptors (Lipinski definition) is 5. The van der Waals surface area contributed by atoms with Gasteiger partial charge in [-0.1, -0.05) is 32.6 Å². The van der Waals surface area contributed by atoms with Crippen LogP contribution < -0.4 is 0 Å². The minimum absolute atomic E-state index is 0.143. The summed E-state index contributed by atoms with van der Waals surface area (Å²) in [5.41, 5.74) is 1.02. The predicted octanol–water partition coefficient (Wildman–Crippen LogP) is 2.53. The van der Waals surface area contributed by atoms with Crippen molar-refractivity contribution in [2.45, 2.75) is 34.6 Å². The van der Waals surface area contributed by atoms with Crippen LogP contribution in [0.2, 0.25) is 0 Å². The molecule has 0 heterocycles. The van der Waals surface area contributed by atoms with Crippen molar-refractivity contribution in [2.24, 2.45) is 0 Å². The Labute approximate surface area is 137 Å². The lowest BCUT2D eigenvalue weighted by atomic mass is 10.0. The number of rotatable bonds is 7. The van der Waals surface area contributed by atoms with Gasteiger partial charge in [0.25, 0.3) is 5.91 Å². The zero-order chi connectivity index (χ0) is 18.6. The lowest BCUT2D eigenvalue weighted by Gasteiger charge is -2.16. The summed E-state index contributed by atoms with van der Waals surface area (Å²) in [5.74, 6) is -1.36. The molecule has 6 heteroatoms. The third-order valence-corrected chi connectivity index (χ3v) is 2.64. The molecular formula is C17H24N2O4. The van der Waals surface area contributed by atoms with Crippen LogP contribution >= 0.6 is 0 Å². The van der Waals surface area contributed by atoms with Gasteiger partial charge in [-0.05, 0) is 26.3 Å². The van der Waals surface area contributed by atoms with Gasteiger partial charge in [-0.2, -0.15) is 5.26 Å². The highest BCUT2D eigenvalue weighted by Crippen LogP contribution is 2.13. The smallest absolute Gasteiger partial charge is 0.333 e. The third kappa shape index (κ3) is 7.77. The van der Waals surface area contributed by atoms with Crippen LogP contribution in [0.25, 0.3) is 0 Å². The molecule has 0 aliphatic rings. The standard InChI is InChI=1S/C15H18N2O4.C2H6/c1-10(2)12(5)13(8-16)14(19)17(9-18)6-7-21-15(20)11(3)4;1-2/h9H,1,3,6-7H2,2,4-5H3;1-2H3/b13-12-;. The molecule has 0 aromatic carbocycles. The van der Waals surface area contributed by atoms with Gasteiger partial charge in [-0.15, -0.1) is 0 Å². The van der Waals surface area contributed by atoms with E-state index in [0.717, 1.165) is 4.90 Å². The Balaban J connectivity index is 0. The normalized spacial score (nSPS) is 10.1. The molecule has 0 aromatic rings. The molecule has 126 valence electrons. The Morgan fingerprint density at radius 3 is 2.04 bits per heavy atom. The summed E-state index contributed by atoms with van der Waals surface area (Å²) in [7, 11) is 0. The van der Waals surface area contributed by atoms with Crippen LogP contribution in [-0.4, -0.2) is 36.3 Å². The molecule has 0 atom stereocenters. The van der Waals surface area contributed by atoms with Crippen LogP contribution in [0.3, 0.4) is 0 Å². The lowest BCUT2D eigenvalue weighted by Crippen LogP contribution is -2.34. The Kier molecular flexibility index (Phi) is 11.7. The van der Waals surface area contributed by atoms with Crippen LogP contribution in [0.15, 0.2) is 35.5 Å². The maximum Gasteiger partial charge on any atom is 0.333 e. The molecule has 0 aliphatic heterocycles. The second-order valence-electron chi connectivity index (χ2n) is 4.41. The molecule has 0 spiro atoms. The van der Waals surface area contributed by atoms with Crippen molar-refractivity contribution in [3.8, 4) is 6.07 Å². The number of esters is 1. The molecule has 0 saturated carbocycles. The molecular weight excluding hydrogens is 296 g/mol. The number of amides is 2. The fraction of sp³-hybridized carbons (Fsp3) is 0.412. The quantitative estimate of drug-likeness (QED) is 0.236. The first-order valence-corrected chi connectivity index (χ1v) is 7.12. The molecule has 0 saturated heterocycles. The van der Waals surface area contributed by atoms with Crippen LogP contribution in [0.5, 0.6) is 0 Å². The van der Waals surface area contributed by atoms with E-state index in [0.29, 0.717) is 17.6 Å². The lowest BCUT2D eigenvalue weighted by molar-refractivity contribution is -0.143. The number of imide groups is 1. The molecule has 0 fully saturated rings. The van der Waals surface area contributed by atoms with Crippen LogP contribution in [0.4, 0.5) is 0 Å². The van der Waals surface area contributed by atoms with Crippen LogP contribution in [0, 0.1) is 11.3 Å². The molecule has 0 N–H and O–H groups in total. The number of carbonyl (C=O) groups is 3. The second kappa shape index (κ2) is 11.9. The number of nitrogens with zero attached hydrogens (tertiary/aromatic N) is 2. The van der Waals surface area contributed by atoms with Gasteiger partial charge in [0.2, 0.25) is 6.41 Å². The Bertz CT molecular complexity index is 553. The van der Waals surface area contributed by atoms with E-state index < -0.39 is 11.9 Å². The predicted molar refractivity (Wildman–Crippen MR) is 88.0 cm³/mol. The fourth-order valence-corrected chi connectivity index (χ4v) is 1.21. The van der Waals surface area contributed by atoms with E-state index in [1.807, 2.05) is 13.8 Å². The molecule has 0 aliphatic carbocycles. The van der Waals surface area contributed by atoms with Crippen molar-refractivity contribution in [1.29, 1.82) is 5.26 Å². The first-order valence-electron chi connectivity index (χ1n) is 7.12. The minimum Gasteiger partial charge on any atom is -0.460 e. The third-order valence-electron chi connectivity index (χ3n) is 2.64. The van der Waals surface area contributed by atoms with Gasteiger partial charge in [0.05, 0.1) is 6.54 Å². The van der Waals surface area contributed by atoms with E-state index in [4.69, 9.17) is 10.00 Å². The van der Waals surface area contributed by atoms with E-state index in [1.54, 1.807) is 19.9 Å². The maximum atomic E-state index is 12.1. The Morgan fingerprint density at radius 2 is 1.70 bits per heavy atom. The zero-order valence-electron chi connectivity index (χ0n) is 14.4. The van der Waals surface area contributed by atoms with Crippen molar-refractivity contribution < 1.29 is 19.1 Å². The minimum atomic E-state index is -0.751. The summed E-state index contributed by atoms with van der Waals surface area (Å²) in [6, 6.07) is 1.76. The average Bonchev–Trinajstić information content (AvgIpc) is 2.53. The van der Waals surface area contributed by atoms with Crippen molar-refractivity contribution in [3.05, 3.63) is 35.5 Å². The van der Waals surface area contributed by atoms with Gasteiger partial charge in [-0.25, -0.2) is 4.79 Å². The van der Waals surface area contributed by atoms with Gasteiger partial charge in [0, 0.05) is 5.57 Å². The molecule has 0 rings (SSSR count). The molecule has 0 aromatic heterocycles. The summed E-state index contributed by atoms with van der Waals surface area (Å²) in [6.07, 6.45) is 0.292. The van der Waals surface area contributed by atoms with Gasteiger partial charge in [0.1, 0.15) is 18.2 Å². The van der Waals surface area contributed by atoms with Crippen molar-refractivity contribution in [3.63, 3.8) is 0 Å². The van der Waals surface area contributed by atoms with E-state index in [1.165, 1.54) is 6.92 Å². The Hall–Kier alpha value is -2.68. The highest BCUT2D eigenvalue weighted by Gasteiger charge is 2.20. The molecule has 2 amide bonds. The molecule has 0 radical (unpaired) electrons. The summed E-state index contributed by atoms with van der Waals surface area (Å²) in [4.78, 5) is 35.0. The number of ether oxygens (including phenoxy) is 1. The van der Waals surface area contributed by atoms with E-state index in [9.17, 15) is 14.4 Å². The summed E-state index contributed by atoms with van der Waals surface area (Å²) >= 11 is 0. The number of allylic oxidation sites excluding steroid dienone is 2. The van der Waals surface area contributed by atoms with Gasteiger partial charge < -0.3 is 4.74 Å². The van der Waals surface area contributed by atoms with Crippen molar-refractivity contribution >= 4 is 18.3 Å². The molecule has 23 heavy (non-hydrogen) atoms. The maximum absolute atomic E-state index is 12.1. The summed E-state index contributed by atoms with van der Waals surface area (Å²) in [5, 5.41) is 9.04. The van der Waals surface area contributed by atoms with E-state index >= 15 is 0 Å². The monoisotopic (exact) mass is 320 g/mol. The summed E-state index contributed by atoms with van der Waals surface area (Å²) < 4.78 is 4.80. The summed E-state index contributed by atoms with van der Waals surface area (Å²) in [6.45, 7) is 15.5. The fourth-order valence-electron chi connectivity index (χ4n) is 1.21. The first kappa shape index (κ1) is 22.6. The SMILES string of the molecule is C=C(C)C(=O)OCCN(C=O)C(=O)/C(C#N)=C(/C)C(=C)C.CC. The largest absolute Gasteiger partial charge is 0.460 e. The number of nitriles is 1. The van der Waals surface area contributed by atoms with Crippen LogP contribution in [-0.2, 0) is 19.1 Å². The number of carbonyl (C=O) groups excluding carboxylic acids is 3. The van der Waals surface area contributed by atoms with Gasteiger partial charge in [-0.3, -0.25) is 14.5 Å². The topological polar surface area (TPSA) is 87.5 Å². The van der Waals surface area contributed by atoms with Crippen molar-refractivity contribution in [2.75, 3.05) is 13.2 Å². The van der Waals surface area contributed by atoms with Gasteiger partial charge >= 0.3 is 5.97 Å². The number of hydrogen-bond donors (Lipinski definition) is 0. The molecule has 6 nitrogen and oxygen atoms in total. The first-order chi connectivity index (χ1) is 10.8. The average molecular weight is 320 g/mol. The second-order valence-corrected chi connectivity index (χ2v) is 4.41. The Morgan fingerprint density at radius 1 is 1.17 bits per heavy atom. The van der Waals surface area contributed by atoms with E-state index in [2.05, 4.69) is 13.2 Å². The van der Waals surface area contributed by atoms with E-state index in [-0.39, 0.29) is 24.3 Å². The zero-order valence-corrected chi connectivity index (χ0v) is 14.4. The van der Waals surface area contributed by atoms with Gasteiger partial charge in [0.15, 0.2) is 0 Å². The van der Waals surface area contributed by atoms with Crippen molar-refractivity contribution in [1.82, 2.24) is 4.90 Å². The van der Waals surface area contributed by atoms with Crippen LogP contribution in [0.1, 0.15) is 34.6 Å².